The molecule has 0 bridgehead atoms. The zero-order valence-electron chi connectivity index (χ0n) is 13.9. The zero-order valence-corrected chi connectivity index (χ0v) is 14.7. The first kappa shape index (κ1) is 17.6. The van der Waals surface area contributed by atoms with Crippen molar-refractivity contribution in [1.82, 2.24) is 9.29 Å². The van der Waals surface area contributed by atoms with Gasteiger partial charge >= 0.3 is 0 Å². The lowest BCUT2D eigenvalue weighted by molar-refractivity contribution is -0.115. The molecule has 6 nitrogen and oxygen atoms in total. The minimum Gasteiger partial charge on any atom is -0.324 e. The average molecular weight is 359 g/mol. The first-order valence-corrected chi connectivity index (χ1v) is 9.79. The fraction of sp³-hybridized carbons (Fsp3) is 0.333. The summed E-state index contributed by atoms with van der Waals surface area (Å²) in [5, 5.41) is 2.76. The third-order valence-corrected chi connectivity index (χ3v) is 6.10. The van der Waals surface area contributed by atoms with Crippen LogP contribution in [-0.2, 0) is 21.2 Å². The van der Waals surface area contributed by atoms with Crippen LogP contribution in [0.3, 0.4) is 0 Å². The van der Waals surface area contributed by atoms with Gasteiger partial charge in [0.25, 0.3) is 0 Å². The third kappa shape index (κ3) is 4.43. The highest BCUT2D eigenvalue weighted by Crippen LogP contribution is 2.21. The van der Waals surface area contributed by atoms with E-state index in [-0.39, 0.29) is 17.2 Å². The predicted octanol–water partition coefficient (Wildman–Crippen LogP) is 2.44. The SMILES string of the molecule is O=C(Cc1ccc(S(=O)(=O)N2CCCCC2)cc1)Nc1cccnc1. The van der Waals surface area contributed by atoms with Crippen LogP contribution in [-0.4, -0.2) is 36.7 Å². The Morgan fingerprint density at radius 1 is 1.08 bits per heavy atom. The van der Waals surface area contributed by atoms with E-state index in [0.717, 1.165) is 24.8 Å². The van der Waals surface area contributed by atoms with E-state index in [2.05, 4.69) is 10.3 Å². The molecule has 1 N–H and O–H groups in total. The van der Waals surface area contributed by atoms with Crippen LogP contribution in [0.25, 0.3) is 0 Å². The summed E-state index contributed by atoms with van der Waals surface area (Å²) in [6, 6.07) is 10.1. The largest absolute Gasteiger partial charge is 0.324 e. The number of benzene rings is 1. The molecule has 0 unspecified atom stereocenters. The fourth-order valence-corrected chi connectivity index (χ4v) is 4.38. The van der Waals surface area contributed by atoms with Crippen LogP contribution in [0, 0.1) is 0 Å². The van der Waals surface area contributed by atoms with Crippen LogP contribution in [0.4, 0.5) is 5.69 Å². The summed E-state index contributed by atoms with van der Waals surface area (Å²) < 4.78 is 26.7. The maximum Gasteiger partial charge on any atom is 0.243 e. The van der Waals surface area contributed by atoms with Gasteiger partial charge in [0.15, 0.2) is 0 Å². The van der Waals surface area contributed by atoms with E-state index in [1.165, 1.54) is 0 Å². The number of hydrogen-bond donors (Lipinski definition) is 1. The smallest absolute Gasteiger partial charge is 0.243 e. The van der Waals surface area contributed by atoms with Crippen molar-refractivity contribution in [2.75, 3.05) is 18.4 Å². The van der Waals surface area contributed by atoms with Crippen LogP contribution < -0.4 is 5.32 Å². The molecule has 0 atom stereocenters. The summed E-state index contributed by atoms with van der Waals surface area (Å²) in [6.45, 7) is 1.16. The van der Waals surface area contributed by atoms with Gasteiger partial charge in [-0.15, -0.1) is 0 Å². The molecular formula is C18H21N3O3S. The van der Waals surface area contributed by atoms with Crippen molar-refractivity contribution in [1.29, 1.82) is 0 Å². The first-order valence-electron chi connectivity index (χ1n) is 8.35. The Morgan fingerprint density at radius 3 is 2.44 bits per heavy atom. The Kier molecular flexibility index (Phi) is 5.45. The summed E-state index contributed by atoms with van der Waals surface area (Å²) in [5.41, 5.74) is 1.40. The molecule has 2 aromatic rings. The molecular weight excluding hydrogens is 338 g/mol. The highest BCUT2D eigenvalue weighted by atomic mass is 32.2. The number of carbonyl (C=O) groups excluding carboxylic acids is 1. The van der Waals surface area contributed by atoms with Gasteiger partial charge in [0, 0.05) is 19.3 Å². The van der Waals surface area contributed by atoms with Crippen molar-refractivity contribution < 1.29 is 13.2 Å². The van der Waals surface area contributed by atoms with Gasteiger partial charge in [0.05, 0.1) is 23.2 Å². The number of sulfonamides is 1. The standard InChI is InChI=1S/C18H21N3O3S/c22-18(20-16-5-4-10-19-14-16)13-15-6-8-17(9-7-15)25(23,24)21-11-2-1-3-12-21/h4-10,14H,1-3,11-13H2,(H,20,22). The number of pyridine rings is 1. The number of rotatable bonds is 5. The average Bonchev–Trinajstić information content (AvgIpc) is 2.63. The number of piperidine rings is 1. The Bertz CT molecular complexity index is 814. The van der Waals surface area contributed by atoms with Crippen LogP contribution in [0.5, 0.6) is 0 Å². The Balaban J connectivity index is 1.64. The second kappa shape index (κ2) is 7.76. The molecule has 1 aliphatic heterocycles. The molecule has 0 radical (unpaired) electrons. The molecule has 2 heterocycles. The van der Waals surface area contributed by atoms with E-state index >= 15 is 0 Å². The lowest BCUT2D eigenvalue weighted by Crippen LogP contribution is -2.35. The van der Waals surface area contributed by atoms with Gasteiger partial charge in [-0.2, -0.15) is 4.31 Å². The first-order chi connectivity index (χ1) is 12.1. The predicted molar refractivity (Wildman–Crippen MR) is 95.6 cm³/mol. The van der Waals surface area contributed by atoms with Crippen molar-refractivity contribution in [3.8, 4) is 0 Å². The van der Waals surface area contributed by atoms with Crippen molar-refractivity contribution in [3.63, 3.8) is 0 Å². The number of nitrogens with zero attached hydrogens (tertiary/aromatic N) is 2. The number of anilines is 1. The van der Waals surface area contributed by atoms with Crippen LogP contribution in [0.15, 0.2) is 53.7 Å². The zero-order chi connectivity index (χ0) is 17.7. The number of hydrogen-bond acceptors (Lipinski definition) is 4. The fourth-order valence-electron chi connectivity index (χ4n) is 2.86. The van der Waals surface area contributed by atoms with E-state index in [1.54, 1.807) is 53.1 Å². The van der Waals surface area contributed by atoms with E-state index < -0.39 is 10.0 Å². The summed E-state index contributed by atoms with van der Waals surface area (Å²) in [7, 11) is -3.43. The molecule has 3 rings (SSSR count). The summed E-state index contributed by atoms with van der Waals surface area (Å²) in [6.07, 6.45) is 6.29. The van der Waals surface area contributed by atoms with Crippen molar-refractivity contribution in [3.05, 3.63) is 54.4 Å². The topological polar surface area (TPSA) is 79.4 Å². The number of carbonyl (C=O) groups is 1. The van der Waals surface area contributed by atoms with Gasteiger partial charge in [-0.05, 0) is 42.7 Å². The van der Waals surface area contributed by atoms with Crippen molar-refractivity contribution >= 4 is 21.6 Å². The molecule has 0 aliphatic carbocycles. The quantitative estimate of drug-likeness (QED) is 0.889. The van der Waals surface area contributed by atoms with Crippen molar-refractivity contribution in [2.24, 2.45) is 0 Å². The maximum absolute atomic E-state index is 12.6. The second-order valence-electron chi connectivity index (χ2n) is 6.08. The van der Waals surface area contributed by atoms with E-state index in [0.29, 0.717) is 18.8 Å². The summed E-state index contributed by atoms with van der Waals surface area (Å²) in [4.78, 5) is 16.3. The van der Waals surface area contributed by atoms with Gasteiger partial charge in [0.2, 0.25) is 15.9 Å². The van der Waals surface area contributed by atoms with Crippen molar-refractivity contribution in [2.45, 2.75) is 30.6 Å². The Hall–Kier alpha value is -2.25. The Labute approximate surface area is 147 Å². The van der Waals surface area contributed by atoms with Crippen LogP contribution in [0.1, 0.15) is 24.8 Å². The number of amides is 1. The lowest BCUT2D eigenvalue weighted by atomic mass is 10.1. The normalized spacial score (nSPS) is 15.7. The minimum atomic E-state index is -3.43. The molecule has 1 aromatic carbocycles. The molecule has 1 fully saturated rings. The van der Waals surface area contributed by atoms with Gasteiger partial charge in [-0.3, -0.25) is 9.78 Å². The number of aromatic nitrogens is 1. The maximum atomic E-state index is 12.6. The lowest BCUT2D eigenvalue weighted by Gasteiger charge is -2.25. The van der Waals surface area contributed by atoms with E-state index in [4.69, 9.17) is 0 Å². The minimum absolute atomic E-state index is 0.167. The van der Waals surface area contributed by atoms with E-state index in [1.807, 2.05) is 0 Å². The molecule has 1 aliphatic rings. The van der Waals surface area contributed by atoms with Gasteiger partial charge in [-0.1, -0.05) is 18.6 Å². The second-order valence-corrected chi connectivity index (χ2v) is 8.01. The highest BCUT2D eigenvalue weighted by Gasteiger charge is 2.25. The molecule has 0 saturated carbocycles. The summed E-state index contributed by atoms with van der Waals surface area (Å²) >= 11 is 0. The molecule has 1 saturated heterocycles. The van der Waals surface area contributed by atoms with Gasteiger partial charge < -0.3 is 5.32 Å². The molecule has 132 valence electrons. The molecule has 7 heteroatoms. The molecule has 1 aromatic heterocycles. The van der Waals surface area contributed by atoms with Gasteiger partial charge in [0.1, 0.15) is 0 Å². The monoisotopic (exact) mass is 359 g/mol. The molecule has 0 spiro atoms. The third-order valence-electron chi connectivity index (χ3n) is 4.19. The van der Waals surface area contributed by atoms with E-state index in [9.17, 15) is 13.2 Å². The highest BCUT2D eigenvalue weighted by molar-refractivity contribution is 7.89. The molecule has 25 heavy (non-hydrogen) atoms. The number of nitrogens with one attached hydrogen (secondary N) is 1. The summed E-state index contributed by atoms with van der Waals surface area (Å²) in [5.74, 6) is -0.167. The van der Waals surface area contributed by atoms with Crippen LogP contribution in [0.2, 0.25) is 0 Å². The van der Waals surface area contributed by atoms with Gasteiger partial charge in [-0.25, -0.2) is 8.42 Å². The molecule has 1 amide bonds. The van der Waals surface area contributed by atoms with Crippen LogP contribution >= 0.6 is 0 Å². The Morgan fingerprint density at radius 2 is 1.80 bits per heavy atom.